The molecule has 0 unspecified atom stereocenters. The van der Waals surface area contributed by atoms with Gasteiger partial charge in [-0.1, -0.05) is 0 Å². The Balaban J connectivity index is 1.73. The number of carbonyl (C=O) groups excluding carboxylic acids is 6. The Morgan fingerprint density at radius 3 is 1.65 bits per heavy atom. The molecule has 1 aromatic carbocycles. The number of nitrogens with one attached hydrogen (secondary N) is 9. The lowest BCUT2D eigenvalue weighted by molar-refractivity contribution is -0.140. The zero-order valence-electron chi connectivity index (χ0n) is 43.7. The molecule has 12 atom stereocenters. The third-order valence-electron chi connectivity index (χ3n) is 12.1. The number of H-pyrrole nitrogens is 1. The van der Waals surface area contributed by atoms with Crippen molar-refractivity contribution < 1.29 is 99.6 Å². The lowest BCUT2D eigenvalue weighted by Crippen LogP contribution is -2.56. The van der Waals surface area contributed by atoms with Crippen LogP contribution in [0.1, 0.15) is 67.4 Å². The smallest absolute Gasteiger partial charge is 0.326 e. The summed E-state index contributed by atoms with van der Waals surface area (Å²) >= 11 is 0. The van der Waals surface area contributed by atoms with Gasteiger partial charge >= 0.3 is 11.9 Å². The number of aromatic amines is 1. The van der Waals surface area contributed by atoms with Crippen molar-refractivity contribution in [3.8, 4) is 0 Å². The van der Waals surface area contributed by atoms with Crippen molar-refractivity contribution in [3.63, 3.8) is 0 Å². The molecule has 2 heterocycles. The average molecular weight is 1150 g/mol. The van der Waals surface area contributed by atoms with Crippen LogP contribution in [0.5, 0.6) is 0 Å². The van der Waals surface area contributed by atoms with E-state index in [1.807, 2.05) is 0 Å². The summed E-state index contributed by atoms with van der Waals surface area (Å²) in [6, 6.07) is -0.294. The van der Waals surface area contributed by atoms with E-state index in [1.54, 1.807) is 0 Å². The molecular formula is C47H71N13O21. The Hall–Kier alpha value is -7.64. The maximum atomic E-state index is 14.0. The number of amides is 6. The fourth-order valence-corrected chi connectivity index (χ4v) is 7.44. The van der Waals surface area contributed by atoms with Gasteiger partial charge in [0.05, 0.1) is 43.9 Å². The minimum Gasteiger partial charge on any atom is -0.481 e. The Morgan fingerprint density at radius 2 is 1.11 bits per heavy atom. The molecule has 0 aliphatic rings. The quantitative estimate of drug-likeness (QED) is 0.0255. The number of aliphatic carboxylic acids is 2. The molecule has 23 N–H and O–H groups in total. The number of nitrogens with two attached hydrogens (primary N) is 1. The van der Waals surface area contributed by atoms with E-state index in [4.69, 9.17) is 15.9 Å². The molecule has 0 fully saturated rings. The number of hydrogen-bond acceptors (Lipinski definition) is 25. The van der Waals surface area contributed by atoms with Crippen LogP contribution in [0.25, 0.3) is 11.2 Å². The van der Waals surface area contributed by atoms with E-state index in [2.05, 4.69) is 62.5 Å². The van der Waals surface area contributed by atoms with Crippen molar-refractivity contribution >= 4 is 70.2 Å². The Morgan fingerprint density at radius 1 is 0.605 bits per heavy atom. The number of anilines is 2. The third kappa shape index (κ3) is 22.8. The summed E-state index contributed by atoms with van der Waals surface area (Å²) in [5.41, 5.74) is 5.78. The number of aliphatic hydroxyl groups is 10. The first-order valence-electron chi connectivity index (χ1n) is 25.1. The molecule has 34 nitrogen and oxygen atoms in total. The van der Waals surface area contributed by atoms with Crippen LogP contribution >= 0.6 is 0 Å². The highest BCUT2D eigenvalue weighted by Gasteiger charge is 2.33. The molecule has 3 rings (SSSR count). The predicted molar refractivity (Wildman–Crippen MR) is 278 cm³/mol. The van der Waals surface area contributed by atoms with Gasteiger partial charge in [-0.05, 0) is 57.0 Å². The number of rotatable bonds is 37. The Bertz CT molecular complexity index is 2640. The molecule has 0 radical (unpaired) electrons. The number of benzene rings is 1. The van der Waals surface area contributed by atoms with Gasteiger partial charge in [0.1, 0.15) is 54.7 Å². The van der Waals surface area contributed by atoms with E-state index >= 15 is 0 Å². The first-order chi connectivity index (χ1) is 38.3. The second-order valence-corrected chi connectivity index (χ2v) is 18.5. The van der Waals surface area contributed by atoms with Gasteiger partial charge in [-0.15, -0.1) is 0 Å². The van der Waals surface area contributed by atoms with Crippen molar-refractivity contribution in [1.82, 2.24) is 57.2 Å². The molecule has 450 valence electrons. The first kappa shape index (κ1) is 67.6. The van der Waals surface area contributed by atoms with Crippen molar-refractivity contribution in [2.75, 3.05) is 50.9 Å². The summed E-state index contributed by atoms with van der Waals surface area (Å²) in [6.07, 6.45) is -18.1. The first-order valence-corrected chi connectivity index (χ1v) is 25.1. The second-order valence-electron chi connectivity index (χ2n) is 18.5. The van der Waals surface area contributed by atoms with E-state index in [-0.39, 0.29) is 48.6 Å². The highest BCUT2D eigenvalue weighted by molar-refractivity contribution is 5.97. The summed E-state index contributed by atoms with van der Waals surface area (Å²) < 4.78 is 0. The number of carboxylic acids is 2. The summed E-state index contributed by atoms with van der Waals surface area (Å²) in [5, 5.41) is 137. The monoisotopic (exact) mass is 1150 g/mol. The molecule has 0 saturated carbocycles. The van der Waals surface area contributed by atoms with E-state index < -0.39 is 191 Å². The molecule has 0 aliphatic carbocycles. The zero-order chi connectivity index (χ0) is 60.5. The van der Waals surface area contributed by atoms with Gasteiger partial charge in [-0.2, -0.15) is 4.98 Å². The van der Waals surface area contributed by atoms with Crippen LogP contribution in [-0.4, -0.2) is 241 Å². The largest absolute Gasteiger partial charge is 0.481 e. The van der Waals surface area contributed by atoms with Crippen molar-refractivity contribution in [3.05, 3.63) is 52.1 Å². The van der Waals surface area contributed by atoms with Gasteiger partial charge < -0.3 is 110 Å². The van der Waals surface area contributed by atoms with Gasteiger partial charge in [0.2, 0.25) is 35.5 Å². The van der Waals surface area contributed by atoms with Crippen LogP contribution in [0.4, 0.5) is 11.6 Å². The van der Waals surface area contributed by atoms with Gasteiger partial charge in [0.25, 0.3) is 11.5 Å². The highest BCUT2D eigenvalue weighted by Crippen LogP contribution is 2.14. The molecular weight excluding hydrogens is 1080 g/mol. The van der Waals surface area contributed by atoms with Gasteiger partial charge in [0.15, 0.2) is 11.2 Å². The van der Waals surface area contributed by atoms with Gasteiger partial charge in [-0.3, -0.25) is 43.3 Å². The number of nitrogen functional groups attached to an aromatic ring is 1. The predicted octanol–water partition coefficient (Wildman–Crippen LogP) is -8.93. The molecule has 0 aliphatic heterocycles. The highest BCUT2D eigenvalue weighted by atomic mass is 16.4. The summed E-state index contributed by atoms with van der Waals surface area (Å²) in [7, 11) is 1.49. The van der Waals surface area contributed by atoms with Crippen LogP contribution in [-0.2, 0) is 40.1 Å². The number of aliphatic hydroxyl groups excluding tert-OH is 10. The standard InChI is InChI=1S/C47H71N13O21/c1-49-14-23(6-10-32(67)51-17-28(63)37(72)39(74)30(65)19-61)55-43(77)26(9-13-35(70)71)57-44(78)25(7-11-33(68)52-18-29(64)38(73)40(75)31(66)20-62)56-34(69)12-8-27(46(80)81)58-42(76)21-2-4-22(5-3-21)50-15-24-16-53-41-36(54-24)45(79)60-47(48)59-41/h2-5,16,23,25-31,37-40,49-50,61-66,72-75H,6-15,17-20H2,1H3,(H,51,67)(H,52,68)(H,55,77)(H,56,69)(H,57,78)(H,58,76)(H,70,71)(H,80,81)(H3,48,53,59,60,79)/t23-,25-,26-,27-,28-,29-,30+,31+,37+,38+,39+,40+/m0/s1. The van der Waals surface area contributed by atoms with E-state index in [9.17, 15) is 94.2 Å². The van der Waals surface area contributed by atoms with Crippen LogP contribution < -0.4 is 53.8 Å². The van der Waals surface area contributed by atoms with E-state index in [1.165, 1.54) is 37.5 Å². The number of nitrogens with zero attached hydrogens (tertiary/aromatic N) is 3. The van der Waals surface area contributed by atoms with Crippen LogP contribution in [0.15, 0.2) is 35.3 Å². The Labute approximate surface area is 460 Å². The molecule has 0 bridgehead atoms. The number of likely N-dealkylation sites (N-methyl/N-ethyl adjacent to an activating group) is 1. The molecule has 6 amide bonds. The van der Waals surface area contributed by atoms with Crippen molar-refractivity contribution in [2.45, 2.75) is 131 Å². The fraction of sp³-hybridized carbons (Fsp3) is 0.574. The molecule has 2 aromatic heterocycles. The zero-order valence-corrected chi connectivity index (χ0v) is 43.7. The average Bonchev–Trinajstić information content (AvgIpc) is 3.46. The number of carboxylic acid groups (broad SMARTS) is 2. The normalized spacial score (nSPS) is 15.8. The third-order valence-corrected chi connectivity index (χ3v) is 12.1. The molecule has 0 saturated heterocycles. The maximum absolute atomic E-state index is 14.0. The number of aromatic nitrogens is 4. The number of carbonyl (C=O) groups is 8. The van der Waals surface area contributed by atoms with Crippen LogP contribution in [0.2, 0.25) is 0 Å². The fourth-order valence-electron chi connectivity index (χ4n) is 7.44. The van der Waals surface area contributed by atoms with Crippen LogP contribution in [0, 0.1) is 0 Å². The van der Waals surface area contributed by atoms with Gasteiger partial charge in [-0.25, -0.2) is 14.8 Å². The number of fused-ring (bicyclic) bond motifs is 1. The number of hydrogen-bond donors (Lipinski definition) is 22. The molecule has 81 heavy (non-hydrogen) atoms. The van der Waals surface area contributed by atoms with E-state index in [0.29, 0.717) is 11.4 Å². The minimum absolute atomic E-state index is 0.00147. The summed E-state index contributed by atoms with van der Waals surface area (Å²) in [5.74, 6) is -8.75. The topological polar surface area (TPSA) is 573 Å². The van der Waals surface area contributed by atoms with E-state index in [0.717, 1.165) is 0 Å². The SMILES string of the molecule is CNC[C@H](CCC(=O)NC[C@H](O)[C@@H](O)[C@H](O)[C@H](O)CO)NC(=O)[C@H](CCC(=O)O)NC(=O)[C@H](CCC(=O)NC[C@H](O)[C@@H](O)[C@H](O)[C@H](O)CO)NC(=O)CC[C@H](NC(=O)c1ccc(NCc2cnc3nc(N)[nH]c(=O)c3n2)cc1)C(=O)O. The summed E-state index contributed by atoms with van der Waals surface area (Å²) in [6.45, 7) is -3.17. The molecule has 0 spiro atoms. The van der Waals surface area contributed by atoms with Gasteiger partial charge in [0, 0.05) is 62.6 Å². The maximum Gasteiger partial charge on any atom is 0.326 e. The minimum atomic E-state index is -2.06. The second kappa shape index (κ2) is 33.8. The Kier molecular flexibility index (Phi) is 28.3. The van der Waals surface area contributed by atoms with Crippen molar-refractivity contribution in [1.29, 1.82) is 0 Å². The lowest BCUT2D eigenvalue weighted by atomic mass is 10.0. The molecule has 3 aromatic rings. The summed E-state index contributed by atoms with van der Waals surface area (Å²) in [4.78, 5) is 131. The van der Waals surface area contributed by atoms with Crippen LogP contribution in [0.3, 0.4) is 0 Å². The molecule has 34 heteroatoms. The van der Waals surface area contributed by atoms with Crippen molar-refractivity contribution in [2.24, 2.45) is 0 Å². The lowest BCUT2D eigenvalue weighted by Gasteiger charge is -2.26.